The number of hydrogen-bond donors (Lipinski definition) is 1. The quantitative estimate of drug-likeness (QED) is 0.680. The normalized spacial score (nSPS) is 20.6. The third kappa shape index (κ3) is 3.73. The molecule has 1 rings (SSSR count). The van der Waals surface area contributed by atoms with Crippen molar-refractivity contribution in [3.63, 3.8) is 0 Å². The van der Waals surface area contributed by atoms with Crippen molar-refractivity contribution in [2.45, 2.75) is 13.3 Å². The molecular weight excluding hydrogens is 230 g/mol. The molecule has 0 radical (unpaired) electrons. The first-order valence-electron chi connectivity index (χ1n) is 5.44. The van der Waals surface area contributed by atoms with Crippen molar-refractivity contribution in [3.05, 3.63) is 0 Å². The number of hydrogen-bond acceptors (Lipinski definition) is 4. The van der Waals surface area contributed by atoms with Gasteiger partial charge in [-0.1, -0.05) is 0 Å². The molecule has 1 aliphatic heterocycles. The third-order valence-corrected chi connectivity index (χ3v) is 4.57. The van der Waals surface area contributed by atoms with Gasteiger partial charge in [-0.15, -0.1) is 0 Å². The van der Waals surface area contributed by atoms with Gasteiger partial charge in [-0.25, -0.2) is 12.7 Å². The molecule has 0 bridgehead atoms. The summed E-state index contributed by atoms with van der Waals surface area (Å²) in [4.78, 5) is 12.7. The van der Waals surface area contributed by atoms with E-state index in [1.54, 1.807) is 6.92 Å². The van der Waals surface area contributed by atoms with E-state index in [0.29, 0.717) is 19.6 Å². The minimum absolute atomic E-state index is 0.128. The summed E-state index contributed by atoms with van der Waals surface area (Å²) < 4.78 is 24.8. The lowest BCUT2D eigenvalue weighted by atomic mass is 10.4. The monoisotopic (exact) mass is 249 g/mol. The minimum Gasteiger partial charge on any atom is -0.369 e. The van der Waals surface area contributed by atoms with E-state index in [0.717, 1.165) is 13.0 Å². The van der Waals surface area contributed by atoms with E-state index in [2.05, 4.69) is 0 Å². The molecule has 1 saturated heterocycles. The molecule has 1 amide bonds. The van der Waals surface area contributed by atoms with Gasteiger partial charge in [-0.05, 0) is 19.9 Å². The largest absolute Gasteiger partial charge is 0.369 e. The molecule has 7 heteroatoms. The Hall–Kier alpha value is -0.660. The highest BCUT2D eigenvalue weighted by Crippen LogP contribution is 2.08. The molecule has 94 valence electrons. The van der Waals surface area contributed by atoms with Crippen LogP contribution in [0.15, 0.2) is 0 Å². The van der Waals surface area contributed by atoms with Crippen molar-refractivity contribution in [1.82, 2.24) is 9.21 Å². The van der Waals surface area contributed by atoms with Crippen molar-refractivity contribution in [2.24, 2.45) is 5.73 Å². The van der Waals surface area contributed by atoms with Gasteiger partial charge < -0.3 is 5.73 Å². The number of carbonyl (C=O) groups excluding carboxylic acids is 1. The Bertz CT molecular complexity index is 342. The predicted octanol–water partition coefficient (Wildman–Crippen LogP) is -1.17. The molecule has 1 heterocycles. The molecule has 0 saturated carbocycles. The average Bonchev–Trinajstić information content (AvgIpc) is 2.43. The van der Waals surface area contributed by atoms with E-state index >= 15 is 0 Å². The van der Waals surface area contributed by atoms with Crippen LogP contribution < -0.4 is 5.73 Å². The maximum Gasteiger partial charge on any atom is 0.231 e. The molecule has 0 aliphatic carbocycles. The van der Waals surface area contributed by atoms with Crippen LogP contribution in [0.4, 0.5) is 0 Å². The van der Waals surface area contributed by atoms with Gasteiger partial charge >= 0.3 is 0 Å². The van der Waals surface area contributed by atoms with Gasteiger partial charge in [0, 0.05) is 19.6 Å². The molecule has 6 nitrogen and oxygen atoms in total. The summed E-state index contributed by atoms with van der Waals surface area (Å²) >= 11 is 0. The number of carbonyl (C=O) groups is 1. The minimum atomic E-state index is -3.11. The molecule has 1 fully saturated rings. The highest BCUT2D eigenvalue weighted by atomic mass is 32.2. The van der Waals surface area contributed by atoms with Crippen molar-refractivity contribution >= 4 is 15.9 Å². The van der Waals surface area contributed by atoms with Gasteiger partial charge in [0.2, 0.25) is 15.9 Å². The van der Waals surface area contributed by atoms with Crippen LogP contribution in [0.2, 0.25) is 0 Å². The zero-order valence-electron chi connectivity index (χ0n) is 9.55. The summed E-state index contributed by atoms with van der Waals surface area (Å²) in [6.07, 6.45) is 0.743. The van der Waals surface area contributed by atoms with Crippen molar-refractivity contribution in [3.8, 4) is 0 Å². The Morgan fingerprint density at radius 3 is 2.50 bits per heavy atom. The number of primary amides is 1. The fraction of sp³-hybridized carbons (Fsp3) is 0.889. The topological polar surface area (TPSA) is 83.7 Å². The predicted molar refractivity (Wildman–Crippen MR) is 61.3 cm³/mol. The molecule has 0 aromatic heterocycles. The van der Waals surface area contributed by atoms with E-state index in [9.17, 15) is 13.2 Å². The van der Waals surface area contributed by atoms with Gasteiger partial charge in [0.05, 0.1) is 12.3 Å². The molecule has 0 aromatic rings. The second-order valence-electron chi connectivity index (χ2n) is 3.90. The van der Waals surface area contributed by atoms with E-state index in [1.807, 2.05) is 4.90 Å². The Morgan fingerprint density at radius 2 is 1.94 bits per heavy atom. The summed E-state index contributed by atoms with van der Waals surface area (Å²) in [6, 6.07) is 0. The van der Waals surface area contributed by atoms with Crippen LogP contribution in [-0.4, -0.2) is 62.0 Å². The standard InChI is InChI=1S/C9H19N3O3S/c1-2-16(14,15)12-5-3-4-11(6-7-12)8-9(10)13/h2-8H2,1H3,(H2,10,13). The first-order valence-corrected chi connectivity index (χ1v) is 7.05. The van der Waals surface area contributed by atoms with Crippen LogP contribution in [0, 0.1) is 0 Å². The summed E-state index contributed by atoms with van der Waals surface area (Å²) in [5.41, 5.74) is 5.11. The molecule has 16 heavy (non-hydrogen) atoms. The second-order valence-corrected chi connectivity index (χ2v) is 6.15. The fourth-order valence-corrected chi connectivity index (χ4v) is 2.92. The third-order valence-electron chi connectivity index (χ3n) is 2.69. The first kappa shape index (κ1) is 13.4. The number of rotatable bonds is 4. The van der Waals surface area contributed by atoms with E-state index in [-0.39, 0.29) is 18.2 Å². The van der Waals surface area contributed by atoms with Crippen molar-refractivity contribution < 1.29 is 13.2 Å². The molecule has 0 aromatic carbocycles. The van der Waals surface area contributed by atoms with Crippen LogP contribution >= 0.6 is 0 Å². The smallest absolute Gasteiger partial charge is 0.231 e. The average molecular weight is 249 g/mol. The molecule has 2 N–H and O–H groups in total. The number of nitrogens with two attached hydrogens (primary N) is 1. The second kappa shape index (κ2) is 5.60. The Balaban J connectivity index is 2.56. The lowest BCUT2D eigenvalue weighted by Crippen LogP contribution is -2.38. The lowest BCUT2D eigenvalue weighted by molar-refractivity contribution is -0.119. The molecule has 1 aliphatic rings. The number of nitrogens with zero attached hydrogens (tertiary/aromatic N) is 2. The Kier molecular flexibility index (Phi) is 4.69. The fourth-order valence-electron chi connectivity index (χ4n) is 1.79. The Labute approximate surface area is 96.4 Å². The van der Waals surface area contributed by atoms with Crippen LogP contribution in [0.5, 0.6) is 0 Å². The van der Waals surface area contributed by atoms with E-state index < -0.39 is 10.0 Å². The van der Waals surface area contributed by atoms with Crippen LogP contribution in [-0.2, 0) is 14.8 Å². The van der Waals surface area contributed by atoms with E-state index in [1.165, 1.54) is 4.31 Å². The van der Waals surface area contributed by atoms with Gasteiger partial charge in [0.1, 0.15) is 0 Å². The van der Waals surface area contributed by atoms with Crippen molar-refractivity contribution in [1.29, 1.82) is 0 Å². The zero-order chi connectivity index (χ0) is 12.2. The Morgan fingerprint density at radius 1 is 1.25 bits per heavy atom. The van der Waals surface area contributed by atoms with Crippen LogP contribution in [0.25, 0.3) is 0 Å². The van der Waals surface area contributed by atoms with Gasteiger partial charge in [-0.2, -0.15) is 0 Å². The SMILES string of the molecule is CCS(=O)(=O)N1CCCN(CC(N)=O)CC1. The molecule has 0 spiro atoms. The van der Waals surface area contributed by atoms with E-state index in [4.69, 9.17) is 5.73 Å². The number of amides is 1. The van der Waals surface area contributed by atoms with Gasteiger partial charge in [-0.3, -0.25) is 9.69 Å². The van der Waals surface area contributed by atoms with Crippen LogP contribution in [0.1, 0.15) is 13.3 Å². The maximum absolute atomic E-state index is 11.7. The highest BCUT2D eigenvalue weighted by Gasteiger charge is 2.23. The number of sulfonamides is 1. The highest BCUT2D eigenvalue weighted by molar-refractivity contribution is 7.89. The van der Waals surface area contributed by atoms with Crippen molar-refractivity contribution in [2.75, 3.05) is 38.5 Å². The zero-order valence-corrected chi connectivity index (χ0v) is 10.4. The summed E-state index contributed by atoms with van der Waals surface area (Å²) in [6.45, 7) is 4.12. The first-order chi connectivity index (χ1) is 7.45. The maximum atomic E-state index is 11.7. The lowest BCUT2D eigenvalue weighted by Gasteiger charge is -2.20. The molecule has 0 unspecified atom stereocenters. The summed E-state index contributed by atoms with van der Waals surface area (Å²) in [5, 5.41) is 0. The van der Waals surface area contributed by atoms with Gasteiger partial charge in [0.25, 0.3) is 0 Å². The summed E-state index contributed by atoms with van der Waals surface area (Å²) in [5.74, 6) is -0.241. The van der Waals surface area contributed by atoms with Crippen LogP contribution in [0.3, 0.4) is 0 Å². The van der Waals surface area contributed by atoms with Gasteiger partial charge in [0.15, 0.2) is 0 Å². The molecule has 0 atom stereocenters. The molecular formula is C9H19N3O3S. The summed E-state index contributed by atoms with van der Waals surface area (Å²) in [7, 11) is -3.11.